The first-order valence-electron chi connectivity index (χ1n) is 9.88. The summed E-state index contributed by atoms with van der Waals surface area (Å²) in [5.41, 5.74) is 2.77. The number of aromatic nitrogens is 2. The smallest absolute Gasteiger partial charge is 0.325 e. The molecule has 7 heteroatoms. The van der Waals surface area contributed by atoms with Crippen molar-refractivity contribution in [2.45, 2.75) is 20.0 Å². The van der Waals surface area contributed by atoms with Crippen LogP contribution in [-0.2, 0) is 27.4 Å². The van der Waals surface area contributed by atoms with Gasteiger partial charge in [-0.2, -0.15) is 4.98 Å². The van der Waals surface area contributed by atoms with Crippen LogP contribution in [0.1, 0.15) is 17.0 Å². The molecule has 1 aromatic heterocycles. The van der Waals surface area contributed by atoms with Gasteiger partial charge in [-0.25, -0.2) is 0 Å². The van der Waals surface area contributed by atoms with Gasteiger partial charge in [-0.3, -0.25) is 9.59 Å². The van der Waals surface area contributed by atoms with Crippen LogP contribution in [0.5, 0.6) is 0 Å². The van der Waals surface area contributed by atoms with Crippen LogP contribution in [0.2, 0.25) is 0 Å². The standard InChI is InChI=1S/C24H21N3O4/c1-16-7-2-4-11-19(16)24-26-22(31-27-24)15-30-23(29)14-25-21(28)13-18-10-6-9-17-8-3-5-12-20(17)18/h2-12H,13-15H2,1H3,(H,25,28). The van der Waals surface area contributed by atoms with Crippen molar-refractivity contribution in [3.8, 4) is 11.4 Å². The number of fused-ring (bicyclic) bond motifs is 1. The normalized spacial score (nSPS) is 10.7. The average molecular weight is 415 g/mol. The predicted octanol–water partition coefficient (Wildman–Crippen LogP) is 3.60. The fourth-order valence-corrected chi connectivity index (χ4v) is 3.29. The summed E-state index contributed by atoms with van der Waals surface area (Å²) < 4.78 is 10.3. The predicted molar refractivity (Wildman–Crippen MR) is 115 cm³/mol. The van der Waals surface area contributed by atoms with E-state index in [2.05, 4.69) is 15.5 Å². The molecule has 31 heavy (non-hydrogen) atoms. The van der Waals surface area contributed by atoms with Crippen molar-refractivity contribution in [1.82, 2.24) is 15.5 Å². The molecule has 0 spiro atoms. The van der Waals surface area contributed by atoms with Gasteiger partial charge >= 0.3 is 5.97 Å². The van der Waals surface area contributed by atoms with E-state index in [1.165, 1.54) is 0 Å². The molecule has 4 aromatic rings. The molecule has 156 valence electrons. The van der Waals surface area contributed by atoms with E-state index >= 15 is 0 Å². The van der Waals surface area contributed by atoms with Crippen LogP contribution in [0, 0.1) is 6.92 Å². The Morgan fingerprint density at radius 2 is 1.77 bits per heavy atom. The SMILES string of the molecule is Cc1ccccc1-c1noc(COC(=O)CNC(=O)Cc2cccc3ccccc23)n1. The molecule has 0 aliphatic carbocycles. The fourth-order valence-electron chi connectivity index (χ4n) is 3.29. The van der Waals surface area contributed by atoms with Gasteiger partial charge in [-0.1, -0.05) is 71.9 Å². The Morgan fingerprint density at radius 1 is 1.00 bits per heavy atom. The summed E-state index contributed by atoms with van der Waals surface area (Å²) in [4.78, 5) is 28.5. The van der Waals surface area contributed by atoms with Crippen molar-refractivity contribution < 1.29 is 18.8 Å². The molecule has 0 bridgehead atoms. The monoisotopic (exact) mass is 415 g/mol. The molecule has 0 aliphatic rings. The first kappa shape index (κ1) is 20.3. The van der Waals surface area contributed by atoms with Gasteiger partial charge in [0.05, 0.1) is 6.42 Å². The summed E-state index contributed by atoms with van der Waals surface area (Å²) in [7, 11) is 0. The fraction of sp³-hybridized carbons (Fsp3) is 0.167. The Bertz CT molecular complexity index is 1230. The third-order valence-electron chi connectivity index (χ3n) is 4.87. The Hall–Kier alpha value is -4.00. The molecule has 0 aliphatic heterocycles. The van der Waals surface area contributed by atoms with E-state index < -0.39 is 5.97 Å². The van der Waals surface area contributed by atoms with Gasteiger partial charge < -0.3 is 14.6 Å². The van der Waals surface area contributed by atoms with E-state index in [1.807, 2.05) is 73.7 Å². The highest BCUT2D eigenvalue weighted by Crippen LogP contribution is 2.20. The Labute approximate surface area is 179 Å². The average Bonchev–Trinajstić information content (AvgIpc) is 3.26. The number of hydrogen-bond acceptors (Lipinski definition) is 6. The molecule has 0 saturated heterocycles. The molecule has 0 saturated carbocycles. The van der Waals surface area contributed by atoms with E-state index in [0.717, 1.165) is 27.5 Å². The molecule has 1 N–H and O–H groups in total. The second kappa shape index (κ2) is 9.21. The maximum atomic E-state index is 12.3. The zero-order valence-electron chi connectivity index (χ0n) is 17.0. The van der Waals surface area contributed by atoms with E-state index in [1.54, 1.807) is 0 Å². The minimum Gasteiger partial charge on any atom is -0.454 e. The van der Waals surface area contributed by atoms with E-state index in [4.69, 9.17) is 9.26 Å². The molecular formula is C24H21N3O4. The minimum atomic E-state index is -0.582. The third-order valence-corrected chi connectivity index (χ3v) is 4.87. The maximum Gasteiger partial charge on any atom is 0.325 e. The highest BCUT2D eigenvalue weighted by Gasteiger charge is 2.13. The van der Waals surface area contributed by atoms with E-state index in [-0.39, 0.29) is 31.4 Å². The number of carbonyl (C=O) groups is 2. The summed E-state index contributed by atoms with van der Waals surface area (Å²) in [6.07, 6.45) is 0.179. The highest BCUT2D eigenvalue weighted by atomic mass is 16.6. The van der Waals surface area contributed by atoms with Gasteiger partial charge in [0.2, 0.25) is 11.7 Å². The number of carbonyl (C=O) groups excluding carboxylic acids is 2. The number of hydrogen-bond donors (Lipinski definition) is 1. The van der Waals surface area contributed by atoms with Crippen molar-refractivity contribution in [2.75, 3.05) is 6.54 Å². The molecule has 4 rings (SSSR count). The lowest BCUT2D eigenvalue weighted by Crippen LogP contribution is -2.31. The number of esters is 1. The number of ether oxygens (including phenoxy) is 1. The summed E-state index contributed by atoms with van der Waals surface area (Å²) in [6.45, 7) is 1.56. The summed E-state index contributed by atoms with van der Waals surface area (Å²) in [6, 6.07) is 21.3. The zero-order valence-corrected chi connectivity index (χ0v) is 17.0. The third kappa shape index (κ3) is 4.95. The lowest BCUT2D eigenvalue weighted by Gasteiger charge is -2.07. The summed E-state index contributed by atoms with van der Waals surface area (Å²) >= 11 is 0. The Morgan fingerprint density at radius 3 is 2.65 bits per heavy atom. The van der Waals surface area contributed by atoms with Crippen LogP contribution in [0.3, 0.4) is 0 Å². The van der Waals surface area contributed by atoms with Crippen molar-refractivity contribution in [3.05, 3.63) is 83.7 Å². The molecule has 0 unspecified atom stereocenters. The van der Waals surface area contributed by atoms with Gasteiger partial charge in [0.15, 0.2) is 6.61 Å². The maximum absolute atomic E-state index is 12.3. The highest BCUT2D eigenvalue weighted by molar-refractivity contribution is 5.91. The van der Waals surface area contributed by atoms with E-state index in [0.29, 0.717) is 5.82 Å². The second-order valence-electron chi connectivity index (χ2n) is 7.08. The Kier molecular flexibility index (Phi) is 6.03. The molecule has 1 amide bonds. The molecular weight excluding hydrogens is 394 g/mol. The number of nitrogens with zero attached hydrogens (tertiary/aromatic N) is 2. The van der Waals surface area contributed by atoms with Crippen LogP contribution in [0.15, 0.2) is 71.3 Å². The first-order valence-corrected chi connectivity index (χ1v) is 9.88. The van der Waals surface area contributed by atoms with Crippen molar-refractivity contribution in [3.63, 3.8) is 0 Å². The topological polar surface area (TPSA) is 94.3 Å². The Balaban J connectivity index is 1.27. The van der Waals surface area contributed by atoms with Crippen LogP contribution < -0.4 is 5.32 Å². The number of nitrogens with one attached hydrogen (secondary N) is 1. The molecule has 7 nitrogen and oxygen atoms in total. The van der Waals surface area contributed by atoms with Crippen LogP contribution in [0.4, 0.5) is 0 Å². The van der Waals surface area contributed by atoms with Crippen molar-refractivity contribution in [2.24, 2.45) is 0 Å². The van der Waals surface area contributed by atoms with Gasteiger partial charge in [-0.15, -0.1) is 0 Å². The number of benzene rings is 3. The molecule has 0 fully saturated rings. The van der Waals surface area contributed by atoms with Crippen molar-refractivity contribution >= 4 is 22.6 Å². The number of amides is 1. The molecule has 1 heterocycles. The molecule has 0 radical (unpaired) electrons. The zero-order chi connectivity index (χ0) is 21.6. The minimum absolute atomic E-state index is 0.156. The summed E-state index contributed by atoms with van der Waals surface area (Å²) in [5, 5.41) is 8.60. The van der Waals surface area contributed by atoms with Gasteiger partial charge in [-0.05, 0) is 28.8 Å². The lowest BCUT2D eigenvalue weighted by atomic mass is 10.0. The quantitative estimate of drug-likeness (QED) is 0.464. The van der Waals surface area contributed by atoms with Crippen LogP contribution in [-0.4, -0.2) is 28.6 Å². The largest absolute Gasteiger partial charge is 0.454 e. The van der Waals surface area contributed by atoms with Gasteiger partial charge in [0, 0.05) is 5.56 Å². The first-order chi connectivity index (χ1) is 15.1. The van der Waals surface area contributed by atoms with Crippen LogP contribution >= 0.6 is 0 Å². The number of aryl methyl sites for hydroxylation is 1. The van der Waals surface area contributed by atoms with Crippen LogP contribution in [0.25, 0.3) is 22.2 Å². The van der Waals surface area contributed by atoms with Crippen molar-refractivity contribution in [1.29, 1.82) is 0 Å². The molecule has 3 aromatic carbocycles. The second-order valence-corrected chi connectivity index (χ2v) is 7.08. The van der Waals surface area contributed by atoms with Gasteiger partial charge in [0.25, 0.3) is 5.89 Å². The van der Waals surface area contributed by atoms with E-state index in [9.17, 15) is 9.59 Å². The number of rotatable bonds is 7. The van der Waals surface area contributed by atoms with Gasteiger partial charge in [0.1, 0.15) is 6.54 Å². The summed E-state index contributed by atoms with van der Waals surface area (Å²) in [5.74, 6) is -0.212. The lowest BCUT2D eigenvalue weighted by molar-refractivity contribution is -0.145. The molecule has 0 atom stereocenters.